The summed E-state index contributed by atoms with van der Waals surface area (Å²) >= 11 is 0. The van der Waals surface area contributed by atoms with Crippen molar-refractivity contribution in [3.05, 3.63) is 47.7 Å². The first-order chi connectivity index (χ1) is 12.0. The van der Waals surface area contributed by atoms with Crippen molar-refractivity contribution in [2.24, 2.45) is 0 Å². The van der Waals surface area contributed by atoms with Crippen molar-refractivity contribution in [1.29, 1.82) is 0 Å². The lowest BCUT2D eigenvalue weighted by Crippen LogP contribution is -2.26. The Balaban J connectivity index is 1.59. The van der Waals surface area contributed by atoms with Crippen LogP contribution in [0.25, 0.3) is 0 Å². The largest absolute Gasteiger partial charge is 0.486 e. The molecular weight excluding hydrogens is 314 g/mol. The van der Waals surface area contributed by atoms with Crippen LogP contribution in [0.15, 0.2) is 36.5 Å². The summed E-state index contributed by atoms with van der Waals surface area (Å²) in [6.45, 7) is 8.47. The zero-order chi connectivity index (χ0) is 17.8. The lowest BCUT2D eigenvalue weighted by molar-refractivity contribution is 0.171. The van der Waals surface area contributed by atoms with Gasteiger partial charge in [-0.1, -0.05) is 12.1 Å². The molecule has 0 saturated carbocycles. The van der Waals surface area contributed by atoms with Crippen LogP contribution in [0.1, 0.15) is 37.9 Å². The van der Waals surface area contributed by atoms with E-state index in [9.17, 15) is 0 Å². The van der Waals surface area contributed by atoms with Gasteiger partial charge in [0.1, 0.15) is 19.0 Å². The summed E-state index contributed by atoms with van der Waals surface area (Å²) in [5.41, 5.74) is 2.36. The summed E-state index contributed by atoms with van der Waals surface area (Å²) in [6.07, 6.45) is 1.94. The van der Waals surface area contributed by atoms with E-state index in [1.54, 1.807) is 0 Å². The fourth-order valence-corrected chi connectivity index (χ4v) is 2.71. The molecular formula is C20H27N3O2. The highest BCUT2D eigenvalue weighted by molar-refractivity contribution is 5.44. The van der Waals surface area contributed by atoms with Crippen molar-refractivity contribution in [2.45, 2.75) is 39.4 Å². The Kier molecular flexibility index (Phi) is 5.43. The van der Waals surface area contributed by atoms with Gasteiger partial charge in [-0.3, -0.25) is 0 Å². The number of rotatable bonds is 6. The summed E-state index contributed by atoms with van der Waals surface area (Å²) in [5.74, 6) is 2.66. The Labute approximate surface area is 150 Å². The Bertz CT molecular complexity index is 701. The maximum atomic E-state index is 5.66. The minimum absolute atomic E-state index is 0.217. The molecule has 0 unspecified atom stereocenters. The summed E-state index contributed by atoms with van der Waals surface area (Å²) in [5, 5.41) is 3.54. The molecule has 0 bridgehead atoms. The molecule has 0 amide bonds. The van der Waals surface area contributed by atoms with Crippen LogP contribution in [-0.4, -0.2) is 31.3 Å². The van der Waals surface area contributed by atoms with Crippen molar-refractivity contribution >= 4 is 5.82 Å². The maximum Gasteiger partial charge on any atom is 0.161 e. The average Bonchev–Trinajstić information content (AvgIpc) is 2.65. The number of hydrogen-bond acceptors (Lipinski definition) is 5. The van der Waals surface area contributed by atoms with Crippen LogP contribution in [0.2, 0.25) is 0 Å². The van der Waals surface area contributed by atoms with E-state index in [1.165, 1.54) is 11.1 Å². The summed E-state index contributed by atoms with van der Waals surface area (Å²) < 4.78 is 11.2. The fraction of sp³-hybridized carbons (Fsp3) is 0.450. The number of pyridine rings is 1. The van der Waals surface area contributed by atoms with Gasteiger partial charge in [-0.05, 0) is 50.1 Å². The highest BCUT2D eigenvalue weighted by atomic mass is 16.6. The molecule has 1 aromatic carbocycles. The zero-order valence-electron chi connectivity index (χ0n) is 15.5. The van der Waals surface area contributed by atoms with Gasteiger partial charge in [0.15, 0.2) is 11.5 Å². The van der Waals surface area contributed by atoms with E-state index in [1.807, 2.05) is 12.3 Å². The number of benzene rings is 1. The number of anilines is 1. The van der Waals surface area contributed by atoms with E-state index in [4.69, 9.17) is 9.47 Å². The van der Waals surface area contributed by atoms with Crippen molar-refractivity contribution in [1.82, 2.24) is 10.3 Å². The van der Waals surface area contributed by atoms with Crippen LogP contribution in [0.4, 0.5) is 5.82 Å². The molecule has 3 rings (SSSR count). The van der Waals surface area contributed by atoms with Crippen molar-refractivity contribution < 1.29 is 9.47 Å². The second kappa shape index (κ2) is 7.74. The van der Waals surface area contributed by atoms with Gasteiger partial charge < -0.3 is 19.7 Å². The molecule has 1 N–H and O–H groups in total. The molecule has 0 fully saturated rings. The molecule has 1 aliphatic heterocycles. The third kappa shape index (κ3) is 4.23. The normalized spacial score (nSPS) is 14.4. The molecule has 0 radical (unpaired) electrons. The van der Waals surface area contributed by atoms with E-state index in [2.05, 4.69) is 67.3 Å². The fourth-order valence-electron chi connectivity index (χ4n) is 2.71. The summed E-state index contributed by atoms with van der Waals surface area (Å²) in [4.78, 5) is 6.72. The highest BCUT2D eigenvalue weighted by Gasteiger charge is 2.14. The molecule has 25 heavy (non-hydrogen) atoms. The van der Waals surface area contributed by atoms with Gasteiger partial charge in [-0.15, -0.1) is 0 Å². The molecule has 5 heteroatoms. The molecule has 1 aromatic heterocycles. The lowest BCUT2D eigenvalue weighted by atomic mass is 10.1. The van der Waals surface area contributed by atoms with E-state index in [0.717, 1.165) is 23.9 Å². The minimum atomic E-state index is 0.217. The van der Waals surface area contributed by atoms with E-state index in [-0.39, 0.29) is 6.04 Å². The Hall–Kier alpha value is -2.27. The summed E-state index contributed by atoms with van der Waals surface area (Å²) in [7, 11) is 2.06. The van der Waals surface area contributed by atoms with E-state index < -0.39 is 0 Å². The van der Waals surface area contributed by atoms with Gasteiger partial charge in [0.2, 0.25) is 0 Å². The van der Waals surface area contributed by atoms with Gasteiger partial charge in [0, 0.05) is 31.9 Å². The molecule has 1 aliphatic rings. The average molecular weight is 341 g/mol. The standard InChI is InChI=1S/C20H27N3O2/c1-14(2)23(4)20-8-5-16(13-22-20)12-21-15(3)17-6-7-18-19(11-17)25-10-9-24-18/h5-8,11,13-15,21H,9-10,12H2,1-4H3/t15-/m0/s1. The first-order valence-corrected chi connectivity index (χ1v) is 8.85. The van der Waals surface area contributed by atoms with Gasteiger partial charge in [0.05, 0.1) is 0 Å². The van der Waals surface area contributed by atoms with Gasteiger partial charge in [-0.25, -0.2) is 4.98 Å². The van der Waals surface area contributed by atoms with Gasteiger partial charge in [0.25, 0.3) is 0 Å². The molecule has 134 valence electrons. The molecule has 0 spiro atoms. The number of fused-ring (bicyclic) bond motifs is 1. The molecule has 0 aliphatic carbocycles. The second-order valence-corrected chi connectivity index (χ2v) is 6.73. The lowest BCUT2D eigenvalue weighted by Gasteiger charge is -2.23. The maximum absolute atomic E-state index is 5.66. The SMILES string of the molecule is CC(C)N(C)c1ccc(CN[C@@H](C)c2ccc3c(c2)OCCO3)cn1. The van der Waals surface area contributed by atoms with Crippen LogP contribution in [0.3, 0.4) is 0 Å². The number of nitrogens with one attached hydrogen (secondary N) is 1. The first kappa shape index (κ1) is 17.5. The van der Waals surface area contributed by atoms with Crippen LogP contribution in [-0.2, 0) is 6.54 Å². The number of nitrogens with zero attached hydrogens (tertiary/aromatic N) is 2. The quantitative estimate of drug-likeness (QED) is 0.871. The van der Waals surface area contributed by atoms with Crippen molar-refractivity contribution in [3.63, 3.8) is 0 Å². The first-order valence-electron chi connectivity index (χ1n) is 8.85. The number of aromatic nitrogens is 1. The zero-order valence-corrected chi connectivity index (χ0v) is 15.5. The predicted molar refractivity (Wildman–Crippen MR) is 100 cm³/mol. The number of hydrogen-bond donors (Lipinski definition) is 1. The van der Waals surface area contributed by atoms with Gasteiger partial charge >= 0.3 is 0 Å². The van der Waals surface area contributed by atoms with Crippen LogP contribution >= 0.6 is 0 Å². The monoisotopic (exact) mass is 341 g/mol. The minimum Gasteiger partial charge on any atom is -0.486 e. The molecule has 5 nitrogen and oxygen atoms in total. The predicted octanol–water partition coefficient (Wildman–Crippen LogP) is 3.55. The van der Waals surface area contributed by atoms with Gasteiger partial charge in [-0.2, -0.15) is 0 Å². The summed E-state index contributed by atoms with van der Waals surface area (Å²) in [6, 6.07) is 11.0. The van der Waals surface area contributed by atoms with Crippen LogP contribution in [0, 0.1) is 0 Å². The molecule has 0 saturated heterocycles. The molecule has 1 atom stereocenters. The Morgan fingerprint density at radius 1 is 1.08 bits per heavy atom. The van der Waals surface area contributed by atoms with E-state index >= 15 is 0 Å². The Morgan fingerprint density at radius 3 is 2.52 bits per heavy atom. The van der Waals surface area contributed by atoms with Crippen LogP contribution in [0.5, 0.6) is 11.5 Å². The highest BCUT2D eigenvalue weighted by Crippen LogP contribution is 2.32. The Morgan fingerprint density at radius 2 is 1.84 bits per heavy atom. The second-order valence-electron chi connectivity index (χ2n) is 6.73. The topological polar surface area (TPSA) is 46.6 Å². The van der Waals surface area contributed by atoms with Crippen molar-refractivity contribution in [2.75, 3.05) is 25.2 Å². The third-order valence-corrected chi connectivity index (χ3v) is 4.62. The van der Waals surface area contributed by atoms with E-state index in [0.29, 0.717) is 19.3 Å². The molecule has 2 aromatic rings. The third-order valence-electron chi connectivity index (χ3n) is 4.62. The smallest absolute Gasteiger partial charge is 0.161 e. The van der Waals surface area contributed by atoms with Crippen LogP contribution < -0.4 is 19.7 Å². The van der Waals surface area contributed by atoms with Crippen molar-refractivity contribution in [3.8, 4) is 11.5 Å². The number of ether oxygens (including phenoxy) is 2. The molecule has 2 heterocycles.